The number of methoxy groups -OCH3 is 2. The Kier molecular flexibility index (Phi) is 6.76. The number of ether oxygens (including phenoxy) is 2. The maximum atomic E-state index is 5.30. The molecule has 0 bridgehead atoms. The van der Waals surface area contributed by atoms with Crippen molar-refractivity contribution in [2.75, 3.05) is 27.4 Å². The Morgan fingerprint density at radius 1 is 1.28 bits per heavy atom. The van der Waals surface area contributed by atoms with Crippen molar-refractivity contribution in [3.63, 3.8) is 0 Å². The molecule has 1 atom stereocenters. The summed E-state index contributed by atoms with van der Waals surface area (Å²) in [6.07, 6.45) is 2.16. The van der Waals surface area contributed by atoms with E-state index in [0.717, 1.165) is 31.7 Å². The van der Waals surface area contributed by atoms with E-state index >= 15 is 0 Å². The van der Waals surface area contributed by atoms with Crippen LogP contribution in [0, 0.1) is 6.92 Å². The van der Waals surface area contributed by atoms with Crippen LogP contribution in [0.25, 0.3) is 0 Å². The first kappa shape index (κ1) is 15.0. The summed E-state index contributed by atoms with van der Waals surface area (Å²) >= 11 is 0. The minimum Gasteiger partial charge on any atom is -0.496 e. The van der Waals surface area contributed by atoms with Crippen LogP contribution in [0.15, 0.2) is 18.2 Å². The van der Waals surface area contributed by atoms with Crippen molar-refractivity contribution >= 4 is 0 Å². The summed E-state index contributed by atoms with van der Waals surface area (Å²) in [5.41, 5.74) is 2.51. The zero-order chi connectivity index (χ0) is 13.4. The van der Waals surface area contributed by atoms with E-state index in [0.29, 0.717) is 6.04 Å². The molecule has 0 heterocycles. The Bertz CT molecular complexity index is 352. The average molecular weight is 251 g/mol. The minimum absolute atomic E-state index is 0.398. The molecule has 102 valence electrons. The lowest BCUT2D eigenvalue weighted by atomic mass is 10.00. The van der Waals surface area contributed by atoms with E-state index in [1.54, 1.807) is 14.2 Å². The van der Waals surface area contributed by atoms with E-state index in [-0.39, 0.29) is 0 Å². The molecule has 3 nitrogen and oxygen atoms in total. The molecular weight excluding hydrogens is 226 g/mol. The Morgan fingerprint density at radius 3 is 2.61 bits per heavy atom. The van der Waals surface area contributed by atoms with Gasteiger partial charge in [-0.3, -0.25) is 0 Å². The number of nitrogens with one attached hydrogen (secondary N) is 1. The average Bonchev–Trinajstić information content (AvgIpc) is 2.38. The molecule has 0 aliphatic rings. The molecule has 3 heteroatoms. The van der Waals surface area contributed by atoms with Gasteiger partial charge in [-0.2, -0.15) is 0 Å². The standard InChI is InChI=1S/C15H25NO2/c1-5-16-14(7-6-10-17-3)13-8-9-15(18-4)12(2)11-13/h8-9,11,14,16H,5-7,10H2,1-4H3. The van der Waals surface area contributed by atoms with Crippen LogP contribution in [-0.4, -0.2) is 27.4 Å². The molecule has 0 aliphatic carbocycles. The van der Waals surface area contributed by atoms with E-state index in [1.807, 2.05) is 6.07 Å². The normalized spacial score (nSPS) is 12.4. The number of hydrogen-bond donors (Lipinski definition) is 1. The van der Waals surface area contributed by atoms with Crippen molar-refractivity contribution < 1.29 is 9.47 Å². The summed E-state index contributed by atoms with van der Waals surface area (Å²) in [7, 11) is 3.46. The van der Waals surface area contributed by atoms with Gasteiger partial charge in [0.05, 0.1) is 7.11 Å². The highest BCUT2D eigenvalue weighted by atomic mass is 16.5. The second kappa shape index (κ2) is 8.11. The fourth-order valence-electron chi connectivity index (χ4n) is 2.18. The number of hydrogen-bond acceptors (Lipinski definition) is 3. The number of benzene rings is 1. The molecule has 1 unspecified atom stereocenters. The second-order valence-corrected chi connectivity index (χ2v) is 4.47. The highest BCUT2D eigenvalue weighted by Gasteiger charge is 2.11. The van der Waals surface area contributed by atoms with E-state index in [1.165, 1.54) is 11.1 Å². The predicted octanol–water partition coefficient (Wildman–Crippen LogP) is 3.08. The third-order valence-corrected chi connectivity index (χ3v) is 3.11. The second-order valence-electron chi connectivity index (χ2n) is 4.47. The van der Waals surface area contributed by atoms with Gasteiger partial charge in [-0.15, -0.1) is 0 Å². The molecule has 1 rings (SSSR count). The summed E-state index contributed by atoms with van der Waals surface area (Å²) in [5, 5.41) is 3.53. The van der Waals surface area contributed by atoms with Gasteiger partial charge in [-0.1, -0.05) is 19.1 Å². The summed E-state index contributed by atoms with van der Waals surface area (Å²) in [5.74, 6) is 0.950. The van der Waals surface area contributed by atoms with E-state index < -0.39 is 0 Å². The largest absolute Gasteiger partial charge is 0.496 e. The van der Waals surface area contributed by atoms with Gasteiger partial charge < -0.3 is 14.8 Å². The van der Waals surface area contributed by atoms with Gasteiger partial charge in [-0.25, -0.2) is 0 Å². The van der Waals surface area contributed by atoms with Crippen LogP contribution in [0.5, 0.6) is 5.75 Å². The molecule has 0 amide bonds. The summed E-state index contributed by atoms with van der Waals surface area (Å²) in [6, 6.07) is 6.80. The first-order valence-corrected chi connectivity index (χ1v) is 6.59. The van der Waals surface area contributed by atoms with Gasteiger partial charge in [0, 0.05) is 19.8 Å². The molecule has 0 spiro atoms. The number of aryl methyl sites for hydroxylation is 1. The molecule has 18 heavy (non-hydrogen) atoms. The van der Waals surface area contributed by atoms with E-state index in [4.69, 9.17) is 9.47 Å². The van der Waals surface area contributed by atoms with Crippen molar-refractivity contribution in [3.8, 4) is 5.75 Å². The fraction of sp³-hybridized carbons (Fsp3) is 0.600. The highest BCUT2D eigenvalue weighted by Crippen LogP contribution is 2.25. The molecule has 1 aromatic rings. The lowest BCUT2D eigenvalue weighted by molar-refractivity contribution is 0.189. The smallest absolute Gasteiger partial charge is 0.121 e. The van der Waals surface area contributed by atoms with Crippen LogP contribution >= 0.6 is 0 Å². The van der Waals surface area contributed by atoms with Crippen LogP contribution in [0.3, 0.4) is 0 Å². The van der Waals surface area contributed by atoms with Crippen LogP contribution in [-0.2, 0) is 4.74 Å². The Hall–Kier alpha value is -1.06. The van der Waals surface area contributed by atoms with Gasteiger partial charge in [-0.05, 0) is 43.5 Å². The quantitative estimate of drug-likeness (QED) is 0.720. The lowest BCUT2D eigenvalue weighted by Crippen LogP contribution is -2.21. The third kappa shape index (κ3) is 4.31. The van der Waals surface area contributed by atoms with Crippen molar-refractivity contribution in [2.24, 2.45) is 0 Å². The summed E-state index contributed by atoms with van der Waals surface area (Å²) in [4.78, 5) is 0. The van der Waals surface area contributed by atoms with Gasteiger partial charge in [0.2, 0.25) is 0 Å². The molecular formula is C15H25NO2. The van der Waals surface area contributed by atoms with Crippen LogP contribution in [0.2, 0.25) is 0 Å². The molecule has 0 saturated carbocycles. The zero-order valence-corrected chi connectivity index (χ0v) is 12.0. The Labute approximate surface area is 110 Å². The number of rotatable bonds is 8. The first-order valence-electron chi connectivity index (χ1n) is 6.59. The Morgan fingerprint density at radius 2 is 2.06 bits per heavy atom. The minimum atomic E-state index is 0.398. The van der Waals surface area contributed by atoms with E-state index in [2.05, 4.69) is 31.3 Å². The fourth-order valence-corrected chi connectivity index (χ4v) is 2.18. The zero-order valence-electron chi connectivity index (χ0n) is 12.0. The molecule has 0 radical (unpaired) electrons. The van der Waals surface area contributed by atoms with Gasteiger partial charge >= 0.3 is 0 Å². The SMILES string of the molecule is CCNC(CCCOC)c1ccc(OC)c(C)c1. The van der Waals surface area contributed by atoms with Gasteiger partial charge in [0.15, 0.2) is 0 Å². The van der Waals surface area contributed by atoms with E-state index in [9.17, 15) is 0 Å². The topological polar surface area (TPSA) is 30.5 Å². The lowest BCUT2D eigenvalue weighted by Gasteiger charge is -2.19. The molecule has 0 aliphatic heterocycles. The van der Waals surface area contributed by atoms with Crippen molar-refractivity contribution in [1.82, 2.24) is 5.32 Å². The summed E-state index contributed by atoms with van der Waals surface area (Å²) < 4.78 is 10.4. The molecule has 0 saturated heterocycles. The highest BCUT2D eigenvalue weighted by molar-refractivity contribution is 5.37. The maximum Gasteiger partial charge on any atom is 0.121 e. The predicted molar refractivity (Wildman–Crippen MR) is 75.3 cm³/mol. The van der Waals surface area contributed by atoms with Crippen molar-refractivity contribution in [3.05, 3.63) is 29.3 Å². The molecule has 1 aromatic carbocycles. The summed E-state index contributed by atoms with van der Waals surface area (Å²) in [6.45, 7) is 6.01. The van der Waals surface area contributed by atoms with Crippen molar-refractivity contribution in [2.45, 2.75) is 32.7 Å². The maximum absolute atomic E-state index is 5.30. The molecule has 0 fully saturated rings. The first-order chi connectivity index (χ1) is 8.72. The van der Waals surface area contributed by atoms with Gasteiger partial charge in [0.25, 0.3) is 0 Å². The van der Waals surface area contributed by atoms with Crippen LogP contribution < -0.4 is 10.1 Å². The third-order valence-electron chi connectivity index (χ3n) is 3.11. The Balaban J connectivity index is 2.74. The molecule has 0 aromatic heterocycles. The molecule has 1 N–H and O–H groups in total. The van der Waals surface area contributed by atoms with Crippen molar-refractivity contribution in [1.29, 1.82) is 0 Å². The van der Waals surface area contributed by atoms with Gasteiger partial charge in [0.1, 0.15) is 5.75 Å². The monoisotopic (exact) mass is 251 g/mol. The van der Waals surface area contributed by atoms with Crippen LogP contribution in [0.4, 0.5) is 0 Å². The van der Waals surface area contributed by atoms with Crippen LogP contribution in [0.1, 0.15) is 36.9 Å².